The molecule has 2 N–H and O–H groups in total. The van der Waals surface area contributed by atoms with Gasteiger partial charge in [0.25, 0.3) is 0 Å². The zero-order valence-electron chi connectivity index (χ0n) is 21.0. The van der Waals surface area contributed by atoms with Gasteiger partial charge in [-0.15, -0.1) is 11.3 Å². The summed E-state index contributed by atoms with van der Waals surface area (Å²) in [6, 6.07) is 0.670. The number of thiazole rings is 1. The van der Waals surface area contributed by atoms with Crippen LogP contribution in [0, 0.1) is 18.3 Å². The number of hydrogen-bond donors (Lipinski definition) is 2. The molecular weight excluding hydrogens is 532 g/mol. The van der Waals surface area contributed by atoms with Crippen LogP contribution in [0.1, 0.15) is 37.4 Å². The average molecular weight is 566 g/mol. The number of rotatable bonds is 5. The van der Waals surface area contributed by atoms with Crippen LogP contribution in [0.15, 0.2) is 5.38 Å². The first kappa shape index (κ1) is 33.1. The molecule has 15 heteroatoms. The number of aromatic nitrogens is 1. The maximum absolute atomic E-state index is 10.6. The van der Waals surface area contributed by atoms with Gasteiger partial charge in [-0.1, -0.05) is 0 Å². The molecule has 0 aromatic carbocycles. The fraction of sp³-hybridized carbons (Fsp3) is 0.773. The summed E-state index contributed by atoms with van der Waals surface area (Å²) < 4.78 is 69.0. The molecule has 2 aliphatic rings. The normalized spacial score (nSPS) is 20.2. The van der Waals surface area contributed by atoms with Gasteiger partial charge in [0.05, 0.1) is 17.3 Å². The predicted octanol–water partition coefficient (Wildman–Crippen LogP) is 4.29. The van der Waals surface area contributed by atoms with Crippen LogP contribution in [-0.2, 0) is 20.9 Å². The largest absolute Gasteiger partial charge is 0.490 e. The zero-order valence-corrected chi connectivity index (χ0v) is 21.8. The Morgan fingerprint density at radius 2 is 1.62 bits per heavy atom. The Balaban J connectivity index is 0.000000404. The average Bonchev–Trinajstić information content (AvgIpc) is 3.31. The van der Waals surface area contributed by atoms with Crippen molar-refractivity contribution >= 4 is 23.3 Å². The van der Waals surface area contributed by atoms with Crippen molar-refractivity contribution in [3.05, 3.63) is 16.1 Å². The van der Waals surface area contributed by atoms with Crippen LogP contribution in [0.25, 0.3) is 0 Å². The van der Waals surface area contributed by atoms with E-state index in [0.717, 1.165) is 19.7 Å². The molecule has 214 valence electrons. The van der Waals surface area contributed by atoms with E-state index in [4.69, 9.17) is 24.5 Å². The fourth-order valence-corrected chi connectivity index (χ4v) is 5.06. The standard InChI is InChI=1S/C18H31N3OS.2C2HF3O2/c1-14(2)21-7-5-18(6-8-21)13-20(9-16(18)11-22-4)10-17-12-23-15(3)19-17;2*3-2(4,5)1(6)7/h12,14,16H,5-11,13H2,1-4H3;2*(H,6,7). The van der Waals surface area contributed by atoms with E-state index < -0.39 is 24.3 Å². The number of aliphatic carboxylic acids is 2. The number of alkyl halides is 6. The monoisotopic (exact) mass is 565 g/mol. The van der Waals surface area contributed by atoms with Crippen LogP contribution in [0.2, 0.25) is 0 Å². The van der Waals surface area contributed by atoms with Crippen molar-refractivity contribution in [3.8, 4) is 0 Å². The second-order valence-electron chi connectivity index (χ2n) is 9.28. The third-order valence-corrected chi connectivity index (χ3v) is 7.13. The molecule has 37 heavy (non-hydrogen) atoms. The van der Waals surface area contributed by atoms with Crippen molar-refractivity contribution in [2.24, 2.45) is 11.3 Å². The van der Waals surface area contributed by atoms with Crippen LogP contribution < -0.4 is 0 Å². The summed E-state index contributed by atoms with van der Waals surface area (Å²) in [6.45, 7) is 13.5. The lowest BCUT2D eigenvalue weighted by molar-refractivity contribution is -0.193. The molecule has 0 saturated carbocycles. The third-order valence-electron chi connectivity index (χ3n) is 6.31. The van der Waals surface area contributed by atoms with Gasteiger partial charge in [0.1, 0.15) is 0 Å². The molecule has 1 spiro atoms. The van der Waals surface area contributed by atoms with Gasteiger partial charge in [-0.2, -0.15) is 26.3 Å². The number of ether oxygens (including phenoxy) is 1. The molecule has 1 atom stereocenters. The smallest absolute Gasteiger partial charge is 0.475 e. The highest BCUT2D eigenvalue weighted by molar-refractivity contribution is 7.09. The van der Waals surface area contributed by atoms with Crippen molar-refractivity contribution in [3.63, 3.8) is 0 Å². The fourth-order valence-electron chi connectivity index (χ4n) is 4.46. The Kier molecular flexibility index (Phi) is 12.3. The highest BCUT2D eigenvalue weighted by Gasteiger charge is 2.48. The maximum Gasteiger partial charge on any atom is 0.490 e. The number of methoxy groups -OCH3 is 1. The van der Waals surface area contributed by atoms with Gasteiger partial charge in [0.15, 0.2) is 0 Å². The lowest BCUT2D eigenvalue weighted by atomic mass is 9.71. The second-order valence-corrected chi connectivity index (χ2v) is 10.3. The minimum atomic E-state index is -5.08. The van der Waals surface area contributed by atoms with E-state index >= 15 is 0 Å². The molecule has 0 bridgehead atoms. The molecule has 2 saturated heterocycles. The van der Waals surface area contributed by atoms with Crippen molar-refractivity contribution in [1.82, 2.24) is 14.8 Å². The summed E-state index contributed by atoms with van der Waals surface area (Å²) in [6.07, 6.45) is -7.54. The van der Waals surface area contributed by atoms with Gasteiger partial charge in [-0.05, 0) is 52.1 Å². The molecule has 1 aromatic heterocycles. The molecule has 1 aromatic rings. The number of halogens is 6. The molecule has 0 aliphatic carbocycles. The maximum atomic E-state index is 10.6. The number of likely N-dealkylation sites (tertiary alicyclic amines) is 2. The molecule has 0 amide bonds. The van der Waals surface area contributed by atoms with Crippen LogP contribution in [0.4, 0.5) is 26.3 Å². The highest BCUT2D eigenvalue weighted by Crippen LogP contribution is 2.45. The first-order valence-corrected chi connectivity index (χ1v) is 12.3. The predicted molar refractivity (Wildman–Crippen MR) is 123 cm³/mol. The molecule has 2 fully saturated rings. The quantitative estimate of drug-likeness (QED) is 0.510. The molecule has 0 radical (unpaired) electrons. The number of nitrogens with zero attached hydrogens (tertiary/aromatic N) is 3. The Labute approximate surface area is 215 Å². The lowest BCUT2D eigenvalue weighted by Gasteiger charge is -2.44. The minimum Gasteiger partial charge on any atom is -0.475 e. The first-order valence-electron chi connectivity index (χ1n) is 11.4. The summed E-state index contributed by atoms with van der Waals surface area (Å²) in [7, 11) is 1.85. The Hall–Kier alpha value is -1.97. The van der Waals surface area contributed by atoms with Gasteiger partial charge >= 0.3 is 24.3 Å². The molecule has 1 unspecified atom stereocenters. The van der Waals surface area contributed by atoms with Crippen molar-refractivity contribution in [2.45, 2.75) is 58.6 Å². The summed E-state index contributed by atoms with van der Waals surface area (Å²) >= 11 is 1.76. The number of aryl methyl sites for hydroxylation is 1. The van der Waals surface area contributed by atoms with E-state index in [2.05, 4.69) is 40.9 Å². The molecule has 2 aliphatic heterocycles. The highest BCUT2D eigenvalue weighted by atomic mass is 32.1. The van der Waals surface area contributed by atoms with E-state index in [-0.39, 0.29) is 0 Å². The SMILES string of the molecule is COCC1CN(Cc2csc(C)n2)CC12CCN(C(C)C)CC2.O=C(O)C(F)(F)F.O=C(O)C(F)(F)F. The molecule has 8 nitrogen and oxygen atoms in total. The van der Waals surface area contributed by atoms with Gasteiger partial charge in [-0.25, -0.2) is 14.6 Å². The number of hydrogen-bond acceptors (Lipinski definition) is 7. The summed E-state index contributed by atoms with van der Waals surface area (Å²) in [5.74, 6) is -4.85. The van der Waals surface area contributed by atoms with Crippen molar-refractivity contribution in [1.29, 1.82) is 0 Å². The van der Waals surface area contributed by atoms with Crippen molar-refractivity contribution < 1.29 is 50.9 Å². The molecule has 3 heterocycles. The zero-order chi connectivity index (χ0) is 28.6. The van der Waals surface area contributed by atoms with Crippen LogP contribution >= 0.6 is 11.3 Å². The number of piperidine rings is 1. The van der Waals surface area contributed by atoms with E-state index in [9.17, 15) is 26.3 Å². The Bertz CT molecular complexity index is 846. The lowest BCUT2D eigenvalue weighted by Crippen LogP contribution is -2.47. The van der Waals surface area contributed by atoms with Crippen LogP contribution in [0.3, 0.4) is 0 Å². The summed E-state index contributed by atoms with van der Waals surface area (Å²) in [5.41, 5.74) is 1.69. The molecule has 3 rings (SSSR count). The van der Waals surface area contributed by atoms with Crippen LogP contribution in [-0.4, -0.2) is 95.2 Å². The van der Waals surface area contributed by atoms with E-state index in [1.54, 1.807) is 11.3 Å². The number of carbonyl (C=O) groups is 2. The topological polar surface area (TPSA) is 103 Å². The number of carboxylic acid groups (broad SMARTS) is 2. The van der Waals surface area contributed by atoms with Gasteiger partial charge in [0, 0.05) is 44.1 Å². The van der Waals surface area contributed by atoms with Crippen molar-refractivity contribution in [2.75, 3.05) is 39.9 Å². The third kappa shape index (κ3) is 10.7. The van der Waals surface area contributed by atoms with Gasteiger partial charge in [0.2, 0.25) is 0 Å². The van der Waals surface area contributed by atoms with E-state index in [1.807, 2.05) is 7.11 Å². The van der Waals surface area contributed by atoms with E-state index in [0.29, 0.717) is 17.4 Å². The summed E-state index contributed by atoms with van der Waals surface area (Å²) in [4.78, 5) is 27.7. The van der Waals surface area contributed by atoms with E-state index in [1.165, 1.54) is 43.2 Å². The summed E-state index contributed by atoms with van der Waals surface area (Å²) in [5, 5.41) is 17.6. The first-order chi connectivity index (χ1) is 16.9. The van der Waals surface area contributed by atoms with Crippen LogP contribution in [0.5, 0.6) is 0 Å². The second kappa shape index (κ2) is 13.7. The van der Waals surface area contributed by atoms with Gasteiger partial charge in [-0.3, -0.25) is 4.90 Å². The minimum absolute atomic E-state index is 0.451. The Morgan fingerprint density at radius 3 is 1.97 bits per heavy atom. The molecular formula is C22H33F6N3O5S. The van der Waals surface area contributed by atoms with Gasteiger partial charge < -0.3 is 19.8 Å². The Morgan fingerprint density at radius 1 is 1.14 bits per heavy atom. The number of carboxylic acids is 2.